The largest absolute Gasteiger partial charge is 0.465 e. The van der Waals surface area contributed by atoms with Gasteiger partial charge in [-0.05, 0) is 32.7 Å². The Morgan fingerprint density at radius 3 is 2.89 bits per heavy atom. The van der Waals surface area contributed by atoms with Crippen molar-refractivity contribution in [3.8, 4) is 0 Å². The van der Waals surface area contributed by atoms with Crippen molar-refractivity contribution < 1.29 is 9.53 Å². The van der Waals surface area contributed by atoms with E-state index >= 15 is 0 Å². The van der Waals surface area contributed by atoms with Crippen molar-refractivity contribution in [2.75, 3.05) is 32.8 Å². The highest BCUT2D eigenvalue weighted by atomic mass is 16.5. The predicted octanol–water partition coefficient (Wildman–Crippen LogP) is 1.30. The summed E-state index contributed by atoms with van der Waals surface area (Å²) in [5.41, 5.74) is 7.60. The summed E-state index contributed by atoms with van der Waals surface area (Å²) in [7, 11) is 0. The Bertz CT molecular complexity index is 354. The Balaban J connectivity index is 2.69. The minimum absolute atomic E-state index is 0.209. The maximum Gasteiger partial charge on any atom is 0.327 e. The summed E-state index contributed by atoms with van der Waals surface area (Å²) in [5, 5.41) is 6.69. The molecule has 0 radical (unpaired) electrons. The van der Waals surface area contributed by atoms with Gasteiger partial charge in [0.1, 0.15) is 5.54 Å². The molecule has 0 bridgehead atoms. The molecule has 1 N–H and O–H groups in total. The van der Waals surface area contributed by atoms with Crippen LogP contribution in [-0.4, -0.2) is 55.2 Å². The summed E-state index contributed by atoms with van der Waals surface area (Å²) in [6, 6.07) is 0.398. The van der Waals surface area contributed by atoms with Crippen LogP contribution in [0.15, 0.2) is 5.11 Å². The number of esters is 1. The molecular formula is C12H23N5O2. The average molecular weight is 269 g/mol. The molecule has 1 heterocycles. The molecule has 0 aromatic heterocycles. The van der Waals surface area contributed by atoms with Crippen LogP contribution >= 0.6 is 0 Å². The third-order valence-corrected chi connectivity index (χ3v) is 3.43. The first-order chi connectivity index (χ1) is 9.05. The molecule has 0 aromatic carbocycles. The van der Waals surface area contributed by atoms with E-state index in [-0.39, 0.29) is 5.97 Å². The maximum absolute atomic E-state index is 12.2. The molecule has 0 aliphatic carbocycles. The van der Waals surface area contributed by atoms with E-state index in [9.17, 15) is 4.79 Å². The van der Waals surface area contributed by atoms with Crippen molar-refractivity contribution in [3.05, 3.63) is 10.4 Å². The van der Waals surface area contributed by atoms with Crippen LogP contribution in [0.4, 0.5) is 0 Å². The number of nitrogens with one attached hydrogen (secondary N) is 1. The van der Waals surface area contributed by atoms with Gasteiger partial charge in [0.25, 0.3) is 0 Å². The van der Waals surface area contributed by atoms with E-state index in [0.29, 0.717) is 32.3 Å². The molecule has 7 heteroatoms. The molecule has 0 spiro atoms. The minimum atomic E-state index is -0.661. The third-order valence-electron chi connectivity index (χ3n) is 3.43. The highest BCUT2D eigenvalue weighted by Gasteiger charge is 2.45. The number of hydrogen-bond donors (Lipinski definition) is 1. The van der Waals surface area contributed by atoms with Gasteiger partial charge >= 0.3 is 5.97 Å². The van der Waals surface area contributed by atoms with Gasteiger partial charge in [-0.25, -0.2) is 4.79 Å². The first-order valence-electron chi connectivity index (χ1n) is 6.73. The fraction of sp³-hybridized carbons (Fsp3) is 0.917. The lowest BCUT2D eigenvalue weighted by atomic mass is 9.98. The summed E-state index contributed by atoms with van der Waals surface area (Å²) in [4.78, 5) is 17.1. The van der Waals surface area contributed by atoms with Gasteiger partial charge in [-0.2, -0.15) is 0 Å². The summed E-state index contributed by atoms with van der Waals surface area (Å²) in [5.74, 6) is -0.209. The predicted molar refractivity (Wildman–Crippen MR) is 72.7 cm³/mol. The molecular weight excluding hydrogens is 246 g/mol. The maximum atomic E-state index is 12.2. The second-order valence-corrected chi connectivity index (χ2v) is 5.00. The molecule has 1 unspecified atom stereocenters. The fourth-order valence-electron chi connectivity index (χ4n) is 2.32. The molecule has 1 saturated heterocycles. The minimum Gasteiger partial charge on any atom is -0.465 e. The average Bonchev–Trinajstić information content (AvgIpc) is 2.81. The number of hydrogen-bond acceptors (Lipinski definition) is 5. The van der Waals surface area contributed by atoms with E-state index in [4.69, 9.17) is 10.3 Å². The van der Waals surface area contributed by atoms with Crippen molar-refractivity contribution in [2.24, 2.45) is 5.11 Å². The molecule has 1 fully saturated rings. The zero-order valence-electron chi connectivity index (χ0n) is 11.9. The Morgan fingerprint density at radius 1 is 1.63 bits per heavy atom. The fourth-order valence-corrected chi connectivity index (χ4v) is 2.32. The molecule has 0 amide bonds. The van der Waals surface area contributed by atoms with E-state index in [1.165, 1.54) is 0 Å². The lowest BCUT2D eigenvalue weighted by Gasteiger charge is -2.29. The Morgan fingerprint density at radius 2 is 2.37 bits per heavy atom. The van der Waals surface area contributed by atoms with E-state index in [1.807, 2.05) is 0 Å². The van der Waals surface area contributed by atoms with Crippen molar-refractivity contribution >= 4 is 5.97 Å². The topological polar surface area (TPSA) is 90.3 Å². The van der Waals surface area contributed by atoms with Crippen LogP contribution in [0.2, 0.25) is 0 Å². The third kappa shape index (κ3) is 4.09. The summed E-state index contributed by atoms with van der Waals surface area (Å²) < 4.78 is 5.18. The van der Waals surface area contributed by atoms with Gasteiger partial charge < -0.3 is 10.1 Å². The van der Waals surface area contributed by atoms with E-state index in [0.717, 1.165) is 13.0 Å². The van der Waals surface area contributed by atoms with Gasteiger partial charge in [0.15, 0.2) is 0 Å². The number of likely N-dealkylation sites (tertiary alicyclic amines) is 1. The van der Waals surface area contributed by atoms with Gasteiger partial charge in [-0.3, -0.25) is 4.90 Å². The first kappa shape index (κ1) is 15.8. The number of carbonyl (C=O) groups is 1. The molecule has 1 aliphatic rings. The van der Waals surface area contributed by atoms with Gasteiger partial charge in [-0.1, -0.05) is 5.11 Å². The number of carbonyl (C=O) groups excluding carboxylic acids is 1. The van der Waals surface area contributed by atoms with Gasteiger partial charge in [0.05, 0.1) is 6.61 Å². The zero-order chi connectivity index (χ0) is 14.3. The van der Waals surface area contributed by atoms with Crippen LogP contribution < -0.4 is 5.32 Å². The second kappa shape index (κ2) is 7.33. The van der Waals surface area contributed by atoms with Gasteiger partial charge in [-0.15, -0.1) is 0 Å². The molecule has 1 atom stereocenters. The highest BCUT2D eigenvalue weighted by Crippen LogP contribution is 2.24. The van der Waals surface area contributed by atoms with Crippen LogP contribution in [0.5, 0.6) is 0 Å². The molecule has 1 aliphatic heterocycles. The van der Waals surface area contributed by atoms with Crippen LogP contribution in [0, 0.1) is 0 Å². The van der Waals surface area contributed by atoms with E-state index in [1.54, 1.807) is 6.92 Å². The molecule has 108 valence electrons. The van der Waals surface area contributed by atoms with Crippen molar-refractivity contribution in [3.63, 3.8) is 0 Å². The summed E-state index contributed by atoms with van der Waals surface area (Å²) in [6.07, 6.45) is 0.723. The van der Waals surface area contributed by atoms with Crippen LogP contribution in [0.25, 0.3) is 10.4 Å². The number of rotatable bonds is 7. The first-order valence-corrected chi connectivity index (χ1v) is 6.73. The van der Waals surface area contributed by atoms with Crippen molar-refractivity contribution in [2.45, 2.75) is 38.8 Å². The smallest absolute Gasteiger partial charge is 0.327 e. The van der Waals surface area contributed by atoms with Crippen molar-refractivity contribution in [1.82, 2.24) is 10.2 Å². The van der Waals surface area contributed by atoms with Gasteiger partial charge in [0, 0.05) is 37.1 Å². The standard InChI is InChI=1S/C12H23N5O2/c1-4-19-11(18)12(14-6-7-15-16-13)5-8-17(9-12)10(2)3/h10,14H,4-9H2,1-3H3. The monoisotopic (exact) mass is 269 g/mol. The van der Waals surface area contributed by atoms with Crippen LogP contribution in [0.3, 0.4) is 0 Å². The number of azide groups is 1. The summed E-state index contributed by atoms with van der Waals surface area (Å²) >= 11 is 0. The van der Waals surface area contributed by atoms with Crippen LogP contribution in [0.1, 0.15) is 27.2 Å². The Hall–Kier alpha value is -1.30. The van der Waals surface area contributed by atoms with Crippen molar-refractivity contribution in [1.29, 1.82) is 0 Å². The Kier molecular flexibility index (Phi) is 6.08. The number of ether oxygens (including phenoxy) is 1. The Labute approximate surface area is 113 Å². The lowest BCUT2D eigenvalue weighted by molar-refractivity contribution is -0.150. The molecule has 1 rings (SSSR count). The molecule has 0 saturated carbocycles. The molecule has 19 heavy (non-hydrogen) atoms. The lowest BCUT2D eigenvalue weighted by Crippen LogP contribution is -2.56. The zero-order valence-corrected chi connectivity index (χ0v) is 11.9. The summed E-state index contributed by atoms with van der Waals surface area (Å²) in [6.45, 7) is 8.72. The van der Waals surface area contributed by atoms with Gasteiger partial charge in [0.2, 0.25) is 0 Å². The van der Waals surface area contributed by atoms with E-state index < -0.39 is 5.54 Å². The number of nitrogens with zero attached hydrogens (tertiary/aromatic N) is 4. The molecule has 7 nitrogen and oxygen atoms in total. The molecule has 0 aromatic rings. The SMILES string of the molecule is CCOC(=O)C1(NCCN=[N+]=[N-])CCN(C(C)C)C1. The highest BCUT2D eigenvalue weighted by molar-refractivity contribution is 5.81. The van der Waals surface area contributed by atoms with E-state index in [2.05, 4.69) is 34.1 Å². The second-order valence-electron chi connectivity index (χ2n) is 5.00. The quantitative estimate of drug-likeness (QED) is 0.248. The normalized spacial score (nSPS) is 23.4. The van der Waals surface area contributed by atoms with Crippen LogP contribution in [-0.2, 0) is 9.53 Å².